The highest BCUT2D eigenvalue weighted by atomic mass is 32.2. The molecule has 1 heterocycles. The molecular formula is C21H26N2O3S. The molecule has 144 valence electrons. The van der Waals surface area contributed by atoms with E-state index in [1.807, 2.05) is 30.3 Å². The van der Waals surface area contributed by atoms with E-state index in [1.165, 1.54) is 4.31 Å². The smallest absolute Gasteiger partial charge is 0.243 e. The highest BCUT2D eigenvalue weighted by Gasteiger charge is 2.32. The van der Waals surface area contributed by atoms with Gasteiger partial charge in [0.1, 0.15) is 0 Å². The number of amides is 1. The number of nitrogens with zero attached hydrogens (tertiary/aromatic N) is 1. The number of para-hydroxylation sites is 1. The lowest BCUT2D eigenvalue weighted by molar-refractivity contribution is -0.120. The van der Waals surface area contributed by atoms with Crippen molar-refractivity contribution >= 4 is 21.6 Å². The van der Waals surface area contributed by atoms with Crippen LogP contribution in [0.25, 0.3) is 0 Å². The maximum atomic E-state index is 12.9. The fraction of sp³-hybridized carbons (Fsp3) is 0.381. The van der Waals surface area contributed by atoms with Gasteiger partial charge in [0.05, 0.1) is 4.90 Å². The van der Waals surface area contributed by atoms with Gasteiger partial charge in [0.25, 0.3) is 0 Å². The first-order valence-corrected chi connectivity index (χ1v) is 10.8. The number of carbonyl (C=O) groups excluding carboxylic acids is 1. The summed E-state index contributed by atoms with van der Waals surface area (Å²) in [4.78, 5) is 13.0. The Morgan fingerprint density at radius 2 is 1.70 bits per heavy atom. The highest BCUT2D eigenvalue weighted by molar-refractivity contribution is 7.89. The van der Waals surface area contributed by atoms with Crippen molar-refractivity contribution in [2.75, 3.05) is 18.4 Å². The molecular weight excluding hydrogens is 360 g/mol. The van der Waals surface area contributed by atoms with Crippen LogP contribution in [-0.4, -0.2) is 31.7 Å². The molecule has 0 spiro atoms. The second-order valence-electron chi connectivity index (χ2n) is 6.94. The first kappa shape index (κ1) is 19.6. The maximum absolute atomic E-state index is 12.9. The van der Waals surface area contributed by atoms with Crippen LogP contribution in [0.4, 0.5) is 5.69 Å². The number of aryl methyl sites for hydroxylation is 2. The number of rotatable bonds is 5. The van der Waals surface area contributed by atoms with Gasteiger partial charge in [-0.05, 0) is 49.4 Å². The van der Waals surface area contributed by atoms with Crippen molar-refractivity contribution in [3.05, 3.63) is 59.7 Å². The summed E-state index contributed by atoms with van der Waals surface area (Å²) in [5.41, 5.74) is 2.69. The minimum absolute atomic E-state index is 0.0242. The maximum Gasteiger partial charge on any atom is 0.243 e. The van der Waals surface area contributed by atoms with Crippen LogP contribution in [0.15, 0.2) is 53.4 Å². The third-order valence-electron chi connectivity index (χ3n) is 5.19. The monoisotopic (exact) mass is 386 g/mol. The zero-order chi connectivity index (χ0) is 19.4. The van der Waals surface area contributed by atoms with E-state index in [9.17, 15) is 13.2 Å². The Balaban J connectivity index is 1.65. The molecule has 1 aliphatic heterocycles. The quantitative estimate of drug-likeness (QED) is 0.854. The zero-order valence-corrected chi connectivity index (χ0v) is 16.6. The normalized spacial score (nSPS) is 16.2. The fourth-order valence-electron chi connectivity index (χ4n) is 3.53. The van der Waals surface area contributed by atoms with Gasteiger partial charge in [-0.15, -0.1) is 0 Å². The van der Waals surface area contributed by atoms with Crippen LogP contribution in [0.2, 0.25) is 0 Å². The molecule has 1 N–H and O–H groups in total. The number of hydrogen-bond acceptors (Lipinski definition) is 3. The van der Waals surface area contributed by atoms with Gasteiger partial charge < -0.3 is 5.32 Å². The topological polar surface area (TPSA) is 66.5 Å². The van der Waals surface area contributed by atoms with Gasteiger partial charge in [0.15, 0.2) is 0 Å². The Morgan fingerprint density at radius 3 is 2.37 bits per heavy atom. The van der Waals surface area contributed by atoms with Crippen molar-refractivity contribution in [1.82, 2.24) is 4.31 Å². The summed E-state index contributed by atoms with van der Waals surface area (Å²) in [6.45, 7) is 4.59. The summed E-state index contributed by atoms with van der Waals surface area (Å²) in [6, 6.07) is 14.8. The molecule has 27 heavy (non-hydrogen) atoms. The van der Waals surface area contributed by atoms with Crippen molar-refractivity contribution in [2.24, 2.45) is 5.92 Å². The Kier molecular flexibility index (Phi) is 5.97. The minimum Gasteiger partial charge on any atom is -0.326 e. The molecule has 1 amide bonds. The Labute approximate surface area is 161 Å². The number of hydrogen-bond donors (Lipinski definition) is 1. The van der Waals surface area contributed by atoms with E-state index in [4.69, 9.17) is 0 Å². The summed E-state index contributed by atoms with van der Waals surface area (Å²) >= 11 is 0. The van der Waals surface area contributed by atoms with E-state index in [0.717, 1.165) is 23.2 Å². The highest BCUT2D eigenvalue weighted by Crippen LogP contribution is 2.27. The second kappa shape index (κ2) is 8.23. The van der Waals surface area contributed by atoms with Gasteiger partial charge in [-0.3, -0.25) is 4.79 Å². The van der Waals surface area contributed by atoms with E-state index in [2.05, 4.69) is 12.2 Å². The number of anilines is 1. The van der Waals surface area contributed by atoms with Gasteiger partial charge in [0.2, 0.25) is 15.9 Å². The molecule has 0 saturated carbocycles. The van der Waals surface area contributed by atoms with E-state index in [1.54, 1.807) is 25.1 Å². The lowest BCUT2D eigenvalue weighted by Gasteiger charge is -2.31. The van der Waals surface area contributed by atoms with Crippen LogP contribution in [0.1, 0.15) is 30.9 Å². The van der Waals surface area contributed by atoms with Gasteiger partial charge in [-0.25, -0.2) is 8.42 Å². The predicted molar refractivity (Wildman–Crippen MR) is 107 cm³/mol. The zero-order valence-electron chi connectivity index (χ0n) is 15.8. The molecule has 6 heteroatoms. The first-order valence-electron chi connectivity index (χ1n) is 9.38. The molecule has 1 aliphatic rings. The van der Waals surface area contributed by atoms with Crippen LogP contribution in [0.3, 0.4) is 0 Å². The summed E-state index contributed by atoms with van der Waals surface area (Å²) in [5, 5.41) is 3.02. The molecule has 1 fully saturated rings. The molecule has 1 saturated heterocycles. The van der Waals surface area contributed by atoms with E-state index in [-0.39, 0.29) is 11.8 Å². The summed E-state index contributed by atoms with van der Waals surface area (Å²) in [7, 11) is -3.51. The number of carbonyl (C=O) groups is 1. The third kappa shape index (κ3) is 4.22. The Hall–Kier alpha value is -2.18. The van der Waals surface area contributed by atoms with Gasteiger partial charge in [0, 0.05) is 24.7 Å². The lowest BCUT2D eigenvalue weighted by Crippen LogP contribution is -2.41. The predicted octanol–water partition coefficient (Wildman–Crippen LogP) is 3.60. The number of sulfonamides is 1. The molecule has 5 nitrogen and oxygen atoms in total. The van der Waals surface area contributed by atoms with Crippen LogP contribution >= 0.6 is 0 Å². The van der Waals surface area contributed by atoms with E-state index < -0.39 is 10.0 Å². The molecule has 2 aromatic rings. The fourth-order valence-corrected chi connectivity index (χ4v) is 5.22. The third-order valence-corrected chi connectivity index (χ3v) is 7.25. The van der Waals surface area contributed by atoms with Gasteiger partial charge in [-0.2, -0.15) is 4.31 Å². The van der Waals surface area contributed by atoms with Crippen molar-refractivity contribution in [3.63, 3.8) is 0 Å². The van der Waals surface area contributed by atoms with Crippen molar-refractivity contribution in [3.8, 4) is 0 Å². The van der Waals surface area contributed by atoms with Crippen LogP contribution in [0, 0.1) is 12.8 Å². The number of piperidine rings is 1. The average molecular weight is 387 g/mol. The minimum atomic E-state index is -3.51. The lowest BCUT2D eigenvalue weighted by atomic mass is 9.97. The Bertz CT molecular complexity index is 917. The van der Waals surface area contributed by atoms with E-state index >= 15 is 0 Å². The van der Waals surface area contributed by atoms with Gasteiger partial charge >= 0.3 is 0 Å². The SMILES string of the molecule is CCc1ccccc1NC(=O)C1CCN(S(=O)(=O)c2ccccc2C)CC1. The number of benzene rings is 2. The van der Waals surface area contributed by atoms with Crippen LogP contribution in [0.5, 0.6) is 0 Å². The summed E-state index contributed by atoms with van der Waals surface area (Å²) < 4.78 is 27.3. The molecule has 0 atom stereocenters. The first-order chi connectivity index (χ1) is 12.9. The van der Waals surface area contributed by atoms with Gasteiger partial charge in [-0.1, -0.05) is 43.3 Å². The molecule has 0 aromatic heterocycles. The van der Waals surface area contributed by atoms with Crippen LogP contribution in [-0.2, 0) is 21.2 Å². The molecule has 3 rings (SSSR count). The van der Waals surface area contributed by atoms with Crippen molar-refractivity contribution < 1.29 is 13.2 Å². The molecule has 0 radical (unpaired) electrons. The molecule has 0 bridgehead atoms. The second-order valence-corrected chi connectivity index (χ2v) is 8.85. The molecule has 0 unspecified atom stereocenters. The molecule has 2 aromatic carbocycles. The van der Waals surface area contributed by atoms with E-state index in [0.29, 0.717) is 30.8 Å². The number of nitrogens with one attached hydrogen (secondary N) is 1. The van der Waals surface area contributed by atoms with Crippen LogP contribution < -0.4 is 5.32 Å². The van der Waals surface area contributed by atoms with Crippen molar-refractivity contribution in [1.29, 1.82) is 0 Å². The average Bonchev–Trinajstić information content (AvgIpc) is 2.68. The van der Waals surface area contributed by atoms with Crippen molar-refractivity contribution in [2.45, 2.75) is 38.0 Å². The standard InChI is InChI=1S/C21H26N2O3S/c1-3-17-9-5-6-10-19(17)22-21(24)18-12-14-23(15-13-18)27(25,26)20-11-7-4-8-16(20)2/h4-11,18H,3,12-15H2,1-2H3,(H,22,24). The Morgan fingerprint density at radius 1 is 1.07 bits per heavy atom. The summed E-state index contributed by atoms with van der Waals surface area (Å²) in [5.74, 6) is -0.193. The largest absolute Gasteiger partial charge is 0.326 e. The summed E-state index contributed by atoms with van der Waals surface area (Å²) in [6.07, 6.45) is 1.92. The molecule has 0 aliphatic carbocycles.